The van der Waals surface area contributed by atoms with Crippen molar-refractivity contribution < 1.29 is 0 Å². The van der Waals surface area contributed by atoms with Gasteiger partial charge in [-0.2, -0.15) is 5.26 Å². The average Bonchev–Trinajstić information content (AvgIpc) is 2.82. The molecule has 0 aromatic carbocycles. The van der Waals surface area contributed by atoms with Gasteiger partial charge in [0.05, 0.1) is 18.3 Å². The van der Waals surface area contributed by atoms with Crippen molar-refractivity contribution in [3.05, 3.63) is 50.8 Å². The number of nitrogens with one attached hydrogen (secondary N) is 1. The van der Waals surface area contributed by atoms with E-state index in [1.165, 1.54) is 0 Å². The van der Waals surface area contributed by atoms with E-state index in [0.29, 0.717) is 11.3 Å². The van der Waals surface area contributed by atoms with Gasteiger partial charge in [0.15, 0.2) is 5.70 Å². The summed E-state index contributed by atoms with van der Waals surface area (Å²) >= 11 is 1.59. The second-order valence-corrected chi connectivity index (χ2v) is 4.79. The van der Waals surface area contributed by atoms with Gasteiger partial charge in [0.1, 0.15) is 0 Å². The minimum Gasteiger partial charge on any atom is -0.367 e. The summed E-state index contributed by atoms with van der Waals surface area (Å²) in [6.45, 7) is 11.1. The summed E-state index contributed by atoms with van der Waals surface area (Å²) in [5.41, 5.74) is 2.96. The first-order chi connectivity index (χ1) is 8.19. The van der Waals surface area contributed by atoms with Gasteiger partial charge in [0, 0.05) is 22.1 Å². The van der Waals surface area contributed by atoms with E-state index in [-0.39, 0.29) is 5.92 Å². The first-order valence-corrected chi connectivity index (χ1v) is 6.10. The second kappa shape index (κ2) is 4.45. The lowest BCUT2D eigenvalue weighted by molar-refractivity contribution is 0.787. The van der Waals surface area contributed by atoms with Gasteiger partial charge in [-0.15, -0.1) is 11.3 Å². The lowest BCUT2D eigenvalue weighted by atomic mass is 9.92. The van der Waals surface area contributed by atoms with Crippen LogP contribution in [0.25, 0.3) is 10.5 Å². The minimum absolute atomic E-state index is 0.129. The van der Waals surface area contributed by atoms with Crippen LogP contribution in [-0.2, 0) is 0 Å². The molecule has 0 unspecified atom stereocenters. The molecule has 0 bridgehead atoms. The Hall–Kier alpha value is -2.04. The number of hydrogen-bond donors (Lipinski definition) is 1. The summed E-state index contributed by atoms with van der Waals surface area (Å²) in [7, 11) is 0. The lowest BCUT2D eigenvalue weighted by Gasteiger charge is -2.24. The molecular formula is C13H11N3S. The molecule has 0 aliphatic carbocycles. The highest BCUT2D eigenvalue weighted by Gasteiger charge is 2.27. The molecule has 0 spiro atoms. The van der Waals surface area contributed by atoms with Crippen LogP contribution in [0.5, 0.6) is 0 Å². The molecule has 0 amide bonds. The molecule has 84 valence electrons. The highest BCUT2D eigenvalue weighted by atomic mass is 32.1. The van der Waals surface area contributed by atoms with Crippen LogP contribution in [0.3, 0.4) is 0 Å². The highest BCUT2D eigenvalue weighted by Crippen LogP contribution is 2.35. The van der Waals surface area contributed by atoms with E-state index in [4.69, 9.17) is 11.8 Å². The summed E-state index contributed by atoms with van der Waals surface area (Å²) < 4.78 is 0. The summed E-state index contributed by atoms with van der Waals surface area (Å²) in [5, 5.41) is 14.3. The maximum Gasteiger partial charge on any atom is 0.197 e. The van der Waals surface area contributed by atoms with E-state index in [9.17, 15) is 0 Å². The zero-order chi connectivity index (χ0) is 12.4. The monoisotopic (exact) mass is 241 g/mol. The molecule has 3 nitrogen and oxygen atoms in total. The third kappa shape index (κ3) is 1.84. The van der Waals surface area contributed by atoms with Crippen LogP contribution in [0.4, 0.5) is 0 Å². The topological polar surface area (TPSA) is 40.2 Å². The number of nitriles is 1. The second-order valence-electron chi connectivity index (χ2n) is 3.85. The van der Waals surface area contributed by atoms with Gasteiger partial charge in [-0.1, -0.05) is 13.0 Å². The van der Waals surface area contributed by atoms with Gasteiger partial charge in [-0.3, -0.25) is 0 Å². The third-order valence-electron chi connectivity index (χ3n) is 2.82. The fraction of sp³-hybridized carbons (Fsp3) is 0.231. The number of nitrogens with zero attached hydrogens (tertiary/aromatic N) is 2. The molecule has 0 saturated carbocycles. The Bertz CT molecular complexity index is 579. The van der Waals surface area contributed by atoms with E-state index < -0.39 is 0 Å². The van der Waals surface area contributed by atoms with Crippen LogP contribution in [0, 0.1) is 23.8 Å². The maximum atomic E-state index is 9.09. The summed E-state index contributed by atoms with van der Waals surface area (Å²) in [6.07, 6.45) is 0. The van der Waals surface area contributed by atoms with Gasteiger partial charge in [-0.05, 0) is 18.4 Å². The van der Waals surface area contributed by atoms with Crippen molar-refractivity contribution in [3.8, 4) is 6.07 Å². The van der Waals surface area contributed by atoms with E-state index in [1.807, 2.05) is 31.4 Å². The number of thiophene rings is 1. The number of allylic oxidation sites excluding steroid dienone is 2. The molecule has 2 heterocycles. The fourth-order valence-corrected chi connectivity index (χ4v) is 2.67. The largest absolute Gasteiger partial charge is 0.367 e. The first-order valence-electron chi connectivity index (χ1n) is 5.22. The third-order valence-corrected chi connectivity index (χ3v) is 3.71. The zero-order valence-electron chi connectivity index (χ0n) is 9.61. The van der Waals surface area contributed by atoms with E-state index in [1.54, 1.807) is 11.3 Å². The fourth-order valence-electron chi connectivity index (χ4n) is 1.94. The molecule has 1 N–H and O–H groups in total. The van der Waals surface area contributed by atoms with E-state index in [0.717, 1.165) is 16.3 Å². The predicted molar refractivity (Wildman–Crippen MR) is 68.5 cm³/mol. The molecule has 1 atom stereocenters. The van der Waals surface area contributed by atoms with Crippen LogP contribution in [-0.4, -0.2) is 0 Å². The molecule has 1 aromatic rings. The van der Waals surface area contributed by atoms with Crippen molar-refractivity contribution in [2.45, 2.75) is 13.8 Å². The Morgan fingerprint density at radius 1 is 1.59 bits per heavy atom. The van der Waals surface area contributed by atoms with Crippen LogP contribution in [0.15, 0.2) is 34.5 Å². The summed E-state index contributed by atoms with van der Waals surface area (Å²) in [6, 6.07) is 6.12. The van der Waals surface area contributed by atoms with Crippen LogP contribution in [0.1, 0.15) is 18.7 Å². The van der Waals surface area contributed by atoms with Gasteiger partial charge >= 0.3 is 0 Å². The van der Waals surface area contributed by atoms with Crippen molar-refractivity contribution in [3.63, 3.8) is 0 Å². The molecule has 4 heteroatoms. The number of hydrogen-bond acceptors (Lipinski definition) is 3. The first kappa shape index (κ1) is 11.4. The molecular weight excluding hydrogens is 230 g/mol. The Balaban J connectivity index is 2.54. The maximum absolute atomic E-state index is 9.09. The predicted octanol–water partition coefficient (Wildman–Crippen LogP) is 3.37. The Morgan fingerprint density at radius 3 is 2.88 bits per heavy atom. The highest BCUT2D eigenvalue weighted by molar-refractivity contribution is 7.11. The van der Waals surface area contributed by atoms with Gasteiger partial charge in [-0.25, -0.2) is 4.85 Å². The standard InChI is InChI=1S/C13H11N3S/c1-8-10(7-14)9(2)16-13(12(8)15-3)11-5-4-6-17-11/h4-6,8,16H,1-2H3/t8-/m1/s1. The molecule has 1 aliphatic heterocycles. The van der Waals surface area contributed by atoms with Crippen molar-refractivity contribution in [1.29, 1.82) is 5.26 Å². The molecule has 0 radical (unpaired) electrons. The molecule has 2 rings (SSSR count). The number of rotatable bonds is 1. The normalized spacial score (nSPS) is 19.6. The molecule has 0 saturated heterocycles. The molecule has 17 heavy (non-hydrogen) atoms. The summed E-state index contributed by atoms with van der Waals surface area (Å²) in [5.74, 6) is -0.129. The quantitative estimate of drug-likeness (QED) is 0.766. The van der Waals surface area contributed by atoms with E-state index >= 15 is 0 Å². The molecule has 1 aliphatic rings. The van der Waals surface area contributed by atoms with Crippen molar-refractivity contribution >= 4 is 17.0 Å². The lowest BCUT2D eigenvalue weighted by Crippen LogP contribution is -2.22. The van der Waals surface area contributed by atoms with Crippen molar-refractivity contribution in [1.82, 2.24) is 5.32 Å². The number of dihydropyridines is 1. The zero-order valence-corrected chi connectivity index (χ0v) is 10.4. The Kier molecular flexibility index (Phi) is 2.99. The summed E-state index contributed by atoms with van der Waals surface area (Å²) in [4.78, 5) is 4.63. The van der Waals surface area contributed by atoms with Crippen LogP contribution in [0.2, 0.25) is 0 Å². The van der Waals surface area contributed by atoms with Crippen LogP contribution >= 0.6 is 11.3 Å². The van der Waals surface area contributed by atoms with Crippen LogP contribution < -0.4 is 5.32 Å². The van der Waals surface area contributed by atoms with Gasteiger partial charge in [0.2, 0.25) is 0 Å². The Morgan fingerprint density at radius 2 is 2.35 bits per heavy atom. The molecule has 1 aromatic heterocycles. The van der Waals surface area contributed by atoms with Gasteiger partial charge in [0.25, 0.3) is 0 Å². The molecule has 0 fully saturated rings. The smallest absolute Gasteiger partial charge is 0.197 e. The van der Waals surface area contributed by atoms with Crippen molar-refractivity contribution in [2.75, 3.05) is 0 Å². The SMILES string of the molecule is [C-]#[N+]C1=C(c2cccs2)NC(C)=C(C#N)[C@H]1C. The van der Waals surface area contributed by atoms with Crippen molar-refractivity contribution in [2.24, 2.45) is 5.92 Å². The average molecular weight is 241 g/mol. The van der Waals surface area contributed by atoms with Gasteiger partial charge < -0.3 is 5.32 Å². The van der Waals surface area contributed by atoms with E-state index in [2.05, 4.69) is 16.2 Å². The Labute approximate surface area is 105 Å². The minimum atomic E-state index is -0.129.